The molecule has 1 aromatic rings. The van der Waals surface area contributed by atoms with Gasteiger partial charge in [0, 0.05) is 28.8 Å². The van der Waals surface area contributed by atoms with E-state index in [0.717, 1.165) is 35.0 Å². The summed E-state index contributed by atoms with van der Waals surface area (Å²) in [6.45, 7) is 1.05. The van der Waals surface area contributed by atoms with E-state index in [1.165, 1.54) is 0 Å². The smallest absolute Gasteiger partial charge is 0.227 e. The molecule has 0 bridgehead atoms. The Morgan fingerprint density at radius 3 is 3.00 bits per heavy atom. The third kappa shape index (κ3) is 3.40. The number of nitrogens with two attached hydrogens (primary N) is 1. The monoisotopic (exact) mass is 340 g/mol. The van der Waals surface area contributed by atoms with Crippen LogP contribution in [0.25, 0.3) is 0 Å². The number of amides is 1. The van der Waals surface area contributed by atoms with Crippen molar-refractivity contribution in [3.05, 3.63) is 28.2 Å². The fraction of sp³-hybridized carbons (Fsp3) is 0.533. The minimum absolute atomic E-state index is 0.0365. The maximum Gasteiger partial charge on any atom is 0.227 e. The summed E-state index contributed by atoms with van der Waals surface area (Å²) in [4.78, 5) is 12.4. The van der Waals surface area contributed by atoms with Gasteiger partial charge in [-0.3, -0.25) is 4.79 Å². The number of benzene rings is 1. The molecule has 2 atom stereocenters. The van der Waals surface area contributed by atoms with Crippen LogP contribution in [-0.2, 0) is 16.1 Å². The zero-order chi connectivity index (χ0) is 14.5. The van der Waals surface area contributed by atoms with Crippen LogP contribution in [0, 0.1) is 11.8 Å². The third-order valence-corrected chi connectivity index (χ3v) is 4.71. The van der Waals surface area contributed by atoms with Crippen molar-refractivity contribution in [3.63, 3.8) is 0 Å². The predicted octanol–water partition coefficient (Wildman–Crippen LogP) is 2.91. The van der Waals surface area contributed by atoms with Crippen molar-refractivity contribution < 1.29 is 9.53 Å². The molecule has 0 aliphatic heterocycles. The van der Waals surface area contributed by atoms with Crippen LogP contribution in [0.2, 0.25) is 0 Å². The second-order valence-electron chi connectivity index (χ2n) is 5.22. The first-order valence-corrected chi connectivity index (χ1v) is 7.74. The maximum absolute atomic E-state index is 12.4. The van der Waals surface area contributed by atoms with Crippen LogP contribution in [0.1, 0.15) is 24.8 Å². The summed E-state index contributed by atoms with van der Waals surface area (Å²) in [6.07, 6.45) is 3.07. The molecular weight excluding hydrogens is 320 g/mol. The number of halogens is 1. The SMILES string of the molecule is COCc1c(Br)cccc1NC(=O)C1CCCC1CN. The Bertz CT molecular complexity index is 479. The lowest BCUT2D eigenvalue weighted by molar-refractivity contribution is -0.120. The highest BCUT2D eigenvalue weighted by Crippen LogP contribution is 2.33. The molecule has 110 valence electrons. The van der Waals surface area contributed by atoms with Gasteiger partial charge in [-0.05, 0) is 37.4 Å². The molecule has 1 amide bonds. The first-order chi connectivity index (χ1) is 9.67. The molecule has 2 unspecified atom stereocenters. The van der Waals surface area contributed by atoms with E-state index in [1.807, 2.05) is 18.2 Å². The second-order valence-corrected chi connectivity index (χ2v) is 6.08. The molecule has 1 saturated carbocycles. The summed E-state index contributed by atoms with van der Waals surface area (Å²) >= 11 is 3.50. The molecule has 4 nitrogen and oxygen atoms in total. The summed E-state index contributed by atoms with van der Waals surface area (Å²) in [6, 6.07) is 5.76. The molecule has 0 spiro atoms. The van der Waals surface area contributed by atoms with E-state index in [1.54, 1.807) is 7.11 Å². The Balaban J connectivity index is 2.13. The van der Waals surface area contributed by atoms with Gasteiger partial charge < -0.3 is 15.8 Å². The Morgan fingerprint density at radius 1 is 1.50 bits per heavy atom. The lowest BCUT2D eigenvalue weighted by atomic mass is 9.95. The standard InChI is InChI=1S/C15H21BrN2O2/c1-20-9-12-13(16)6-3-7-14(12)18-15(19)11-5-2-4-10(11)8-17/h3,6-7,10-11H,2,4-5,8-9,17H2,1H3,(H,18,19). The van der Waals surface area contributed by atoms with Gasteiger partial charge in [0.05, 0.1) is 6.61 Å². The molecule has 0 heterocycles. The molecule has 3 N–H and O–H groups in total. The Morgan fingerprint density at radius 2 is 2.30 bits per heavy atom. The first kappa shape index (κ1) is 15.5. The number of hydrogen-bond acceptors (Lipinski definition) is 3. The maximum atomic E-state index is 12.4. The Hall–Kier alpha value is -0.910. The van der Waals surface area contributed by atoms with Crippen LogP contribution >= 0.6 is 15.9 Å². The fourth-order valence-corrected chi connectivity index (χ4v) is 3.34. The number of hydrogen-bond donors (Lipinski definition) is 2. The van der Waals surface area contributed by atoms with Gasteiger partial charge in [0.25, 0.3) is 0 Å². The Kier molecular flexibility index (Phi) is 5.57. The van der Waals surface area contributed by atoms with Crippen LogP contribution in [0.15, 0.2) is 22.7 Å². The van der Waals surface area contributed by atoms with Crippen molar-refractivity contribution in [2.75, 3.05) is 19.0 Å². The lowest BCUT2D eigenvalue weighted by Gasteiger charge is -2.19. The summed E-state index contributed by atoms with van der Waals surface area (Å²) in [5, 5.41) is 3.04. The number of carbonyl (C=O) groups excluding carboxylic acids is 1. The average Bonchev–Trinajstić information content (AvgIpc) is 2.91. The van der Waals surface area contributed by atoms with E-state index < -0.39 is 0 Å². The van der Waals surface area contributed by atoms with Gasteiger partial charge in [-0.15, -0.1) is 0 Å². The molecule has 1 aliphatic rings. The molecule has 5 heteroatoms. The number of methoxy groups -OCH3 is 1. The highest BCUT2D eigenvalue weighted by Gasteiger charge is 2.32. The molecule has 2 rings (SSSR count). The summed E-state index contributed by atoms with van der Waals surface area (Å²) in [5.41, 5.74) is 7.53. The molecule has 0 radical (unpaired) electrons. The van der Waals surface area contributed by atoms with Crippen LogP contribution in [0.4, 0.5) is 5.69 Å². The van der Waals surface area contributed by atoms with E-state index >= 15 is 0 Å². The van der Waals surface area contributed by atoms with E-state index in [0.29, 0.717) is 19.1 Å². The molecule has 0 saturated heterocycles. The van der Waals surface area contributed by atoms with E-state index in [2.05, 4.69) is 21.2 Å². The van der Waals surface area contributed by atoms with Crippen LogP contribution in [-0.4, -0.2) is 19.6 Å². The lowest BCUT2D eigenvalue weighted by Crippen LogP contribution is -2.30. The third-order valence-electron chi connectivity index (χ3n) is 3.96. The van der Waals surface area contributed by atoms with Crippen LogP contribution in [0.5, 0.6) is 0 Å². The second kappa shape index (κ2) is 7.20. The Labute approximate surface area is 128 Å². The first-order valence-electron chi connectivity index (χ1n) is 6.94. The minimum atomic E-state index is 0.0365. The number of rotatable bonds is 5. The quantitative estimate of drug-likeness (QED) is 0.866. The highest BCUT2D eigenvalue weighted by molar-refractivity contribution is 9.10. The van der Waals surface area contributed by atoms with Gasteiger partial charge in [-0.1, -0.05) is 28.4 Å². The summed E-state index contributed by atoms with van der Waals surface area (Å²) in [5.74, 6) is 0.427. The molecule has 0 aromatic heterocycles. The van der Waals surface area contributed by atoms with Crippen molar-refractivity contribution in [1.82, 2.24) is 0 Å². The number of nitrogens with one attached hydrogen (secondary N) is 1. The van der Waals surface area contributed by atoms with Crippen molar-refractivity contribution in [1.29, 1.82) is 0 Å². The molecule has 1 aliphatic carbocycles. The van der Waals surface area contributed by atoms with Gasteiger partial charge in [0.1, 0.15) is 0 Å². The van der Waals surface area contributed by atoms with Crippen molar-refractivity contribution in [2.45, 2.75) is 25.9 Å². The minimum Gasteiger partial charge on any atom is -0.380 e. The number of ether oxygens (including phenoxy) is 1. The van der Waals surface area contributed by atoms with Gasteiger partial charge in [0.15, 0.2) is 0 Å². The highest BCUT2D eigenvalue weighted by atomic mass is 79.9. The van der Waals surface area contributed by atoms with Crippen molar-refractivity contribution in [2.24, 2.45) is 17.6 Å². The van der Waals surface area contributed by atoms with Gasteiger partial charge in [0.2, 0.25) is 5.91 Å². The van der Waals surface area contributed by atoms with E-state index in [-0.39, 0.29) is 11.8 Å². The molecular formula is C15H21BrN2O2. The van der Waals surface area contributed by atoms with E-state index in [4.69, 9.17) is 10.5 Å². The predicted molar refractivity (Wildman–Crippen MR) is 83.4 cm³/mol. The van der Waals surface area contributed by atoms with E-state index in [9.17, 15) is 4.79 Å². The number of carbonyl (C=O) groups is 1. The molecule has 1 aromatic carbocycles. The molecule has 1 fully saturated rings. The van der Waals surface area contributed by atoms with Crippen LogP contribution < -0.4 is 11.1 Å². The van der Waals surface area contributed by atoms with Gasteiger partial charge >= 0.3 is 0 Å². The molecule has 20 heavy (non-hydrogen) atoms. The summed E-state index contributed by atoms with van der Waals surface area (Å²) < 4.78 is 6.14. The average molecular weight is 341 g/mol. The zero-order valence-corrected chi connectivity index (χ0v) is 13.3. The zero-order valence-electron chi connectivity index (χ0n) is 11.7. The number of anilines is 1. The largest absolute Gasteiger partial charge is 0.380 e. The van der Waals surface area contributed by atoms with Gasteiger partial charge in [-0.25, -0.2) is 0 Å². The van der Waals surface area contributed by atoms with Crippen molar-refractivity contribution in [3.8, 4) is 0 Å². The summed E-state index contributed by atoms with van der Waals surface area (Å²) in [7, 11) is 1.65. The van der Waals surface area contributed by atoms with Crippen molar-refractivity contribution >= 4 is 27.5 Å². The normalized spacial score (nSPS) is 21.9. The topological polar surface area (TPSA) is 64.3 Å². The van der Waals surface area contributed by atoms with Crippen LogP contribution in [0.3, 0.4) is 0 Å². The fourth-order valence-electron chi connectivity index (χ4n) is 2.86. The van der Waals surface area contributed by atoms with Gasteiger partial charge in [-0.2, -0.15) is 0 Å².